The van der Waals surface area contributed by atoms with Crippen molar-refractivity contribution in [3.8, 4) is 11.1 Å². The van der Waals surface area contributed by atoms with Crippen LogP contribution in [0, 0.1) is 0 Å². The summed E-state index contributed by atoms with van der Waals surface area (Å²) < 4.78 is 6.21. The fourth-order valence-corrected chi connectivity index (χ4v) is 5.02. The van der Waals surface area contributed by atoms with E-state index >= 15 is 0 Å². The molecule has 5 aromatic carbocycles. The number of hydrogen-bond acceptors (Lipinski definition) is 1. The van der Waals surface area contributed by atoms with Crippen LogP contribution in [0.25, 0.3) is 60.2 Å². The molecule has 33 heavy (non-hydrogen) atoms. The van der Waals surface area contributed by atoms with Gasteiger partial charge in [-0.15, -0.1) is 0 Å². The van der Waals surface area contributed by atoms with E-state index in [2.05, 4.69) is 92.0 Å². The second-order valence-corrected chi connectivity index (χ2v) is 8.24. The first-order valence-electron chi connectivity index (χ1n) is 11.1. The zero-order chi connectivity index (χ0) is 22.4. The molecule has 0 N–H and O–H groups in total. The van der Waals surface area contributed by atoms with E-state index in [-0.39, 0.29) is 0 Å². The molecule has 1 nitrogen and oxygen atoms in total. The molecule has 0 atom stereocenters. The zero-order valence-corrected chi connectivity index (χ0v) is 18.2. The predicted molar refractivity (Wildman–Crippen MR) is 143 cm³/mol. The smallest absolute Gasteiger partial charge is 0.136 e. The lowest BCUT2D eigenvalue weighted by molar-refractivity contribution is 0.669. The summed E-state index contributed by atoms with van der Waals surface area (Å²) >= 11 is 0. The first kappa shape index (κ1) is 19.3. The number of allylic oxidation sites excluding steroid dienone is 4. The van der Waals surface area contributed by atoms with Crippen LogP contribution >= 0.6 is 0 Å². The lowest BCUT2D eigenvalue weighted by Crippen LogP contribution is -1.92. The summed E-state index contributed by atoms with van der Waals surface area (Å²) in [6.07, 6.45) is 5.76. The summed E-state index contributed by atoms with van der Waals surface area (Å²) in [6, 6.07) is 31.9. The Morgan fingerprint density at radius 2 is 1.21 bits per heavy atom. The van der Waals surface area contributed by atoms with Gasteiger partial charge in [-0.05, 0) is 55.9 Å². The molecular formula is C32H22O. The third kappa shape index (κ3) is 2.94. The first-order valence-corrected chi connectivity index (χ1v) is 11.1. The molecule has 6 rings (SSSR count). The fourth-order valence-electron chi connectivity index (χ4n) is 5.02. The van der Waals surface area contributed by atoms with Gasteiger partial charge in [0.15, 0.2) is 0 Å². The molecule has 1 heterocycles. The van der Waals surface area contributed by atoms with Gasteiger partial charge in [0.1, 0.15) is 11.2 Å². The van der Waals surface area contributed by atoms with Gasteiger partial charge in [0.2, 0.25) is 0 Å². The van der Waals surface area contributed by atoms with E-state index in [1.807, 2.05) is 24.3 Å². The van der Waals surface area contributed by atoms with Crippen molar-refractivity contribution in [2.24, 2.45) is 0 Å². The van der Waals surface area contributed by atoms with E-state index in [0.717, 1.165) is 33.1 Å². The molecule has 0 amide bonds. The zero-order valence-electron chi connectivity index (χ0n) is 18.2. The van der Waals surface area contributed by atoms with E-state index in [9.17, 15) is 0 Å². The Kier molecular flexibility index (Phi) is 4.48. The monoisotopic (exact) mass is 422 g/mol. The van der Waals surface area contributed by atoms with Crippen LogP contribution < -0.4 is 0 Å². The minimum Gasteiger partial charge on any atom is -0.456 e. The number of rotatable bonds is 4. The fraction of sp³-hybridized carbons (Fsp3) is 0. The van der Waals surface area contributed by atoms with Crippen molar-refractivity contribution in [2.75, 3.05) is 0 Å². The van der Waals surface area contributed by atoms with E-state index in [4.69, 9.17) is 4.42 Å². The maximum atomic E-state index is 6.21. The van der Waals surface area contributed by atoms with Gasteiger partial charge in [-0.25, -0.2) is 0 Å². The molecule has 0 radical (unpaired) electrons. The highest BCUT2D eigenvalue weighted by Gasteiger charge is 2.19. The number of fused-ring (bicyclic) bond motifs is 5. The minimum absolute atomic E-state index is 0.907. The SMILES string of the molecule is C=C/C=C\C(=C)c1c2ccccc2c(-c2cccc3oc4ccccc4c23)c2ccccc12. The van der Waals surface area contributed by atoms with Crippen LogP contribution in [0.2, 0.25) is 0 Å². The molecule has 0 unspecified atom stereocenters. The minimum atomic E-state index is 0.907. The summed E-state index contributed by atoms with van der Waals surface area (Å²) in [5.74, 6) is 0. The molecule has 0 fully saturated rings. The van der Waals surface area contributed by atoms with Crippen LogP contribution in [0.3, 0.4) is 0 Å². The van der Waals surface area contributed by atoms with Crippen LogP contribution in [0.1, 0.15) is 5.56 Å². The van der Waals surface area contributed by atoms with E-state index < -0.39 is 0 Å². The second kappa shape index (κ2) is 7.65. The molecule has 0 aliphatic heterocycles. The second-order valence-electron chi connectivity index (χ2n) is 8.24. The molecule has 0 bridgehead atoms. The van der Waals surface area contributed by atoms with Crippen LogP contribution in [0.15, 0.2) is 127 Å². The first-order chi connectivity index (χ1) is 16.3. The Labute approximate surface area is 192 Å². The maximum absolute atomic E-state index is 6.21. The molecule has 0 saturated carbocycles. The highest BCUT2D eigenvalue weighted by atomic mass is 16.3. The van der Waals surface area contributed by atoms with E-state index in [1.54, 1.807) is 6.08 Å². The molecule has 6 aromatic rings. The van der Waals surface area contributed by atoms with Gasteiger partial charge in [0.05, 0.1) is 0 Å². The lowest BCUT2D eigenvalue weighted by atomic mass is 9.85. The van der Waals surface area contributed by atoms with Crippen molar-refractivity contribution < 1.29 is 4.42 Å². The Morgan fingerprint density at radius 3 is 1.88 bits per heavy atom. The quantitative estimate of drug-likeness (QED) is 0.204. The Bertz CT molecular complexity index is 1690. The largest absolute Gasteiger partial charge is 0.456 e. The number of para-hydroxylation sites is 1. The van der Waals surface area contributed by atoms with Crippen molar-refractivity contribution in [1.82, 2.24) is 0 Å². The maximum Gasteiger partial charge on any atom is 0.136 e. The van der Waals surface area contributed by atoms with E-state index in [0.29, 0.717) is 0 Å². The van der Waals surface area contributed by atoms with Crippen molar-refractivity contribution in [3.05, 3.63) is 128 Å². The van der Waals surface area contributed by atoms with Gasteiger partial charge < -0.3 is 4.42 Å². The Morgan fingerprint density at radius 1 is 0.636 bits per heavy atom. The van der Waals surface area contributed by atoms with Gasteiger partial charge in [0, 0.05) is 10.8 Å². The van der Waals surface area contributed by atoms with Gasteiger partial charge >= 0.3 is 0 Å². The molecule has 156 valence electrons. The number of benzene rings is 5. The summed E-state index contributed by atoms with van der Waals surface area (Å²) in [5.41, 5.74) is 6.36. The molecule has 0 saturated heterocycles. The number of furan rings is 1. The highest BCUT2D eigenvalue weighted by Crippen LogP contribution is 2.45. The summed E-state index contributed by atoms with van der Waals surface area (Å²) in [6.45, 7) is 8.21. The number of hydrogen-bond donors (Lipinski definition) is 0. The van der Waals surface area contributed by atoms with Crippen molar-refractivity contribution >= 4 is 49.1 Å². The predicted octanol–water partition coefficient (Wildman–Crippen LogP) is 9.31. The topological polar surface area (TPSA) is 13.1 Å². The van der Waals surface area contributed by atoms with Crippen LogP contribution in [0.5, 0.6) is 0 Å². The highest BCUT2D eigenvalue weighted by molar-refractivity contribution is 6.24. The summed E-state index contributed by atoms with van der Waals surface area (Å²) in [5, 5.41) is 7.08. The molecular weight excluding hydrogens is 400 g/mol. The average Bonchev–Trinajstić information content (AvgIpc) is 3.25. The van der Waals surface area contributed by atoms with Crippen LogP contribution in [0.4, 0.5) is 0 Å². The lowest BCUT2D eigenvalue weighted by Gasteiger charge is -2.18. The standard InChI is InChI=1S/C32H22O/c1-3-4-12-21(2)30-22-13-5-7-15-24(22)31(25-16-8-6-14-23(25)30)27-18-11-20-29-32(27)26-17-9-10-19-28(26)33-29/h3-20H,1-2H2/b12-4-. The van der Waals surface area contributed by atoms with Gasteiger partial charge in [-0.3, -0.25) is 0 Å². The summed E-state index contributed by atoms with van der Waals surface area (Å²) in [7, 11) is 0. The van der Waals surface area contributed by atoms with Crippen LogP contribution in [-0.2, 0) is 0 Å². The van der Waals surface area contributed by atoms with Crippen LogP contribution in [-0.4, -0.2) is 0 Å². The molecule has 1 aromatic heterocycles. The van der Waals surface area contributed by atoms with E-state index in [1.165, 1.54) is 32.7 Å². The van der Waals surface area contributed by atoms with Gasteiger partial charge in [0.25, 0.3) is 0 Å². The Balaban J connectivity index is 1.82. The average molecular weight is 423 g/mol. The van der Waals surface area contributed by atoms with Crippen molar-refractivity contribution in [1.29, 1.82) is 0 Å². The molecule has 0 aliphatic rings. The third-order valence-electron chi connectivity index (χ3n) is 6.36. The van der Waals surface area contributed by atoms with Crippen molar-refractivity contribution in [3.63, 3.8) is 0 Å². The van der Waals surface area contributed by atoms with Crippen molar-refractivity contribution in [2.45, 2.75) is 0 Å². The molecule has 0 aliphatic carbocycles. The summed E-state index contributed by atoms with van der Waals surface area (Å²) in [4.78, 5) is 0. The normalized spacial score (nSPS) is 11.8. The third-order valence-corrected chi connectivity index (χ3v) is 6.36. The van der Waals surface area contributed by atoms with Gasteiger partial charge in [-0.2, -0.15) is 0 Å². The Hall–Kier alpha value is -4.36. The molecule has 0 spiro atoms. The van der Waals surface area contributed by atoms with Gasteiger partial charge in [-0.1, -0.05) is 110 Å². The molecule has 1 heteroatoms.